The van der Waals surface area contributed by atoms with Gasteiger partial charge in [-0.15, -0.1) is 24.8 Å². The maximum Gasteiger partial charge on any atom is 0.322 e. The van der Waals surface area contributed by atoms with Crippen LogP contribution >= 0.6 is 24.8 Å². The van der Waals surface area contributed by atoms with Crippen molar-refractivity contribution in [1.82, 2.24) is 14.9 Å². The minimum atomic E-state index is -3.67. The molecule has 0 unspecified atom stereocenters. The third kappa shape index (κ3) is 14.1. The molecule has 2 aliphatic heterocycles. The largest absolute Gasteiger partial charge is 0.494 e. The van der Waals surface area contributed by atoms with Crippen molar-refractivity contribution >= 4 is 40.8 Å². The summed E-state index contributed by atoms with van der Waals surface area (Å²) >= 11 is 0. The molecule has 0 bridgehead atoms. The molecule has 11 heteroatoms. The second-order valence-electron chi connectivity index (χ2n) is 11.7. The number of piperidine rings is 2. The number of hydrogen-bond acceptors (Lipinski definition) is 6. The second kappa shape index (κ2) is 21.6. The molecule has 1 aromatic carbocycles. The van der Waals surface area contributed by atoms with Gasteiger partial charge in [0.25, 0.3) is 0 Å². The van der Waals surface area contributed by atoms with Crippen molar-refractivity contribution in [2.24, 2.45) is 11.8 Å². The summed E-state index contributed by atoms with van der Waals surface area (Å²) in [4.78, 5) is 12.4. The SMILES string of the molecule is CCCCS(=O)(=O)N(CCCCC1CCNCC1)[C@@H](Cc1ccc(OCCCCC2CCNCC2)cc1)C(=O)O.Cl.Cl. The van der Waals surface area contributed by atoms with Gasteiger partial charge in [-0.05, 0) is 113 Å². The lowest BCUT2D eigenvalue weighted by molar-refractivity contribution is -0.141. The molecule has 0 aliphatic carbocycles. The first-order chi connectivity index (χ1) is 19.4. The minimum absolute atomic E-state index is 0. The van der Waals surface area contributed by atoms with E-state index < -0.39 is 22.0 Å². The first-order valence-corrected chi connectivity index (χ1v) is 17.4. The summed E-state index contributed by atoms with van der Waals surface area (Å²) in [7, 11) is -3.67. The lowest BCUT2D eigenvalue weighted by Gasteiger charge is -2.29. The van der Waals surface area contributed by atoms with Gasteiger partial charge in [0, 0.05) is 6.54 Å². The summed E-state index contributed by atoms with van der Waals surface area (Å²) in [5.74, 6) is 1.18. The molecule has 3 rings (SSSR count). The Bertz CT molecular complexity index is 956. The van der Waals surface area contributed by atoms with Gasteiger partial charge < -0.3 is 20.5 Å². The van der Waals surface area contributed by atoms with Crippen LogP contribution in [-0.2, 0) is 21.2 Å². The van der Waals surface area contributed by atoms with Gasteiger partial charge in [-0.2, -0.15) is 4.31 Å². The van der Waals surface area contributed by atoms with Gasteiger partial charge in [-0.25, -0.2) is 8.42 Å². The predicted octanol–water partition coefficient (Wildman–Crippen LogP) is 5.68. The van der Waals surface area contributed by atoms with E-state index in [2.05, 4.69) is 10.6 Å². The molecule has 0 radical (unpaired) electrons. The Morgan fingerprint density at radius 3 is 1.98 bits per heavy atom. The van der Waals surface area contributed by atoms with E-state index >= 15 is 0 Å². The zero-order valence-electron chi connectivity index (χ0n) is 25.4. The number of nitrogens with one attached hydrogen (secondary N) is 2. The Morgan fingerprint density at radius 2 is 1.45 bits per heavy atom. The molecule has 0 spiro atoms. The normalized spacial score (nSPS) is 17.3. The number of aliphatic carboxylic acids is 1. The zero-order valence-corrected chi connectivity index (χ0v) is 27.9. The zero-order chi connectivity index (χ0) is 28.6. The molecule has 42 heavy (non-hydrogen) atoms. The predicted molar refractivity (Wildman–Crippen MR) is 176 cm³/mol. The molecule has 2 fully saturated rings. The van der Waals surface area contributed by atoms with Crippen molar-refractivity contribution in [3.8, 4) is 5.75 Å². The van der Waals surface area contributed by atoms with Crippen LogP contribution < -0.4 is 15.4 Å². The molecule has 244 valence electrons. The smallest absolute Gasteiger partial charge is 0.322 e. The molecule has 0 saturated carbocycles. The van der Waals surface area contributed by atoms with Crippen LogP contribution in [0.25, 0.3) is 0 Å². The topological polar surface area (TPSA) is 108 Å². The molecular weight excluding hydrogens is 597 g/mol. The number of carbonyl (C=O) groups is 1. The summed E-state index contributed by atoms with van der Waals surface area (Å²) in [6, 6.07) is 6.37. The van der Waals surface area contributed by atoms with E-state index in [1.54, 1.807) is 0 Å². The van der Waals surface area contributed by atoms with Crippen LogP contribution in [0.5, 0.6) is 5.75 Å². The van der Waals surface area contributed by atoms with E-state index in [0.717, 1.165) is 81.9 Å². The monoisotopic (exact) mass is 651 g/mol. The van der Waals surface area contributed by atoms with Gasteiger partial charge in [0.2, 0.25) is 10.0 Å². The fraction of sp³-hybridized carbons (Fsp3) is 0.774. The molecular formula is C31H55Cl2N3O5S. The number of hydrogen-bond donors (Lipinski definition) is 3. The minimum Gasteiger partial charge on any atom is -0.494 e. The number of rotatable bonds is 19. The highest BCUT2D eigenvalue weighted by Gasteiger charge is 2.34. The Kier molecular flexibility index (Phi) is 20.0. The van der Waals surface area contributed by atoms with E-state index in [1.807, 2.05) is 31.2 Å². The standard InChI is InChI=1S/C31H53N3O5S.2ClH/c1-2-3-24-40(37,38)34(22-6-4-8-26-14-18-32-19-15-26)30(31(35)36)25-28-10-12-29(13-11-28)39-23-7-5-9-27-16-20-33-21-17-27;;/h10-13,26-27,30,32-33H,2-9,14-25H2,1H3,(H,35,36);2*1H/t30-;;/m0../s1. The van der Waals surface area contributed by atoms with Gasteiger partial charge in [-0.3, -0.25) is 4.79 Å². The van der Waals surface area contributed by atoms with Crippen molar-refractivity contribution in [2.75, 3.05) is 45.1 Å². The number of sulfonamides is 1. The lowest BCUT2D eigenvalue weighted by Crippen LogP contribution is -2.47. The number of unbranched alkanes of at least 4 members (excludes halogenated alkanes) is 3. The fourth-order valence-electron chi connectivity index (χ4n) is 5.96. The van der Waals surface area contributed by atoms with E-state index in [1.165, 1.54) is 30.0 Å². The highest BCUT2D eigenvalue weighted by Crippen LogP contribution is 2.23. The lowest BCUT2D eigenvalue weighted by atomic mass is 9.92. The molecule has 0 amide bonds. The maximum absolute atomic E-state index is 13.3. The number of halogens is 2. The molecule has 0 aromatic heterocycles. The highest BCUT2D eigenvalue weighted by molar-refractivity contribution is 7.89. The molecule has 1 atom stereocenters. The Morgan fingerprint density at radius 1 is 0.905 bits per heavy atom. The van der Waals surface area contributed by atoms with Crippen LogP contribution in [-0.4, -0.2) is 74.9 Å². The summed E-state index contributed by atoms with van der Waals surface area (Å²) in [6.07, 6.45) is 12.4. The molecule has 2 saturated heterocycles. The first kappa shape index (κ1) is 38.9. The van der Waals surface area contributed by atoms with Gasteiger partial charge in [0.05, 0.1) is 12.4 Å². The molecule has 1 aromatic rings. The van der Waals surface area contributed by atoms with Crippen LogP contribution in [0.1, 0.15) is 89.5 Å². The van der Waals surface area contributed by atoms with Crippen LogP contribution in [0.15, 0.2) is 24.3 Å². The van der Waals surface area contributed by atoms with Crippen LogP contribution in [0.4, 0.5) is 0 Å². The third-order valence-electron chi connectivity index (χ3n) is 8.53. The van der Waals surface area contributed by atoms with Gasteiger partial charge in [0.15, 0.2) is 0 Å². The maximum atomic E-state index is 13.3. The second-order valence-corrected chi connectivity index (χ2v) is 13.8. The van der Waals surface area contributed by atoms with Gasteiger partial charge in [0.1, 0.15) is 11.8 Å². The average Bonchev–Trinajstić information content (AvgIpc) is 2.96. The van der Waals surface area contributed by atoms with Crippen molar-refractivity contribution < 1.29 is 23.1 Å². The summed E-state index contributed by atoms with van der Waals surface area (Å²) in [5, 5.41) is 16.9. The van der Waals surface area contributed by atoms with Gasteiger partial charge >= 0.3 is 5.97 Å². The summed E-state index contributed by atoms with van der Waals surface area (Å²) in [5.41, 5.74) is 0.802. The van der Waals surface area contributed by atoms with E-state index in [9.17, 15) is 18.3 Å². The quantitative estimate of drug-likeness (QED) is 0.165. The van der Waals surface area contributed by atoms with E-state index in [0.29, 0.717) is 25.4 Å². The third-order valence-corrected chi connectivity index (χ3v) is 10.5. The van der Waals surface area contributed by atoms with Crippen molar-refractivity contribution in [3.63, 3.8) is 0 Å². The van der Waals surface area contributed by atoms with Gasteiger partial charge in [-0.1, -0.05) is 44.7 Å². The fourth-order valence-corrected chi connectivity index (χ4v) is 7.80. The van der Waals surface area contributed by atoms with Crippen molar-refractivity contribution in [2.45, 2.75) is 96.4 Å². The van der Waals surface area contributed by atoms with Crippen molar-refractivity contribution in [1.29, 1.82) is 0 Å². The summed E-state index contributed by atoms with van der Waals surface area (Å²) < 4.78 is 33.8. The Hall–Kier alpha value is -1.10. The first-order valence-electron chi connectivity index (χ1n) is 15.7. The van der Waals surface area contributed by atoms with E-state index in [4.69, 9.17) is 4.74 Å². The molecule has 8 nitrogen and oxygen atoms in total. The Balaban J connectivity index is 0.00000441. The number of benzene rings is 1. The van der Waals surface area contributed by atoms with Crippen LogP contribution in [0.2, 0.25) is 0 Å². The Labute approximate surface area is 267 Å². The van der Waals surface area contributed by atoms with E-state index in [-0.39, 0.29) is 43.5 Å². The molecule has 2 heterocycles. The molecule has 3 N–H and O–H groups in total. The van der Waals surface area contributed by atoms with Crippen molar-refractivity contribution in [3.05, 3.63) is 29.8 Å². The summed E-state index contributed by atoms with van der Waals surface area (Å²) in [6.45, 7) is 7.24. The van der Waals surface area contributed by atoms with Crippen LogP contribution in [0.3, 0.4) is 0 Å². The highest BCUT2D eigenvalue weighted by atomic mass is 35.5. The van der Waals surface area contributed by atoms with Crippen LogP contribution in [0, 0.1) is 11.8 Å². The number of carboxylic acid groups (broad SMARTS) is 1. The number of nitrogens with zero attached hydrogens (tertiary/aromatic N) is 1. The number of ether oxygens (including phenoxy) is 1. The number of carboxylic acids is 1. The molecule has 2 aliphatic rings. The average molecular weight is 653 g/mol.